The average Bonchev–Trinajstić information content (AvgIpc) is 2.75. The minimum Gasteiger partial charge on any atom is -0.459 e. The lowest BCUT2D eigenvalue weighted by Gasteiger charge is -2.25. The molecule has 0 unspecified atom stereocenters. The van der Waals surface area contributed by atoms with E-state index < -0.39 is 16.0 Å². The SMILES string of the molecule is Cc1cc2c(c3ncccc13)NS(=O)(=O)c1ccc(C(=O)OC3CCNCC3)cc1-2. The summed E-state index contributed by atoms with van der Waals surface area (Å²) in [6.45, 7) is 3.60. The van der Waals surface area contributed by atoms with E-state index in [4.69, 9.17) is 4.74 Å². The molecule has 2 aliphatic heterocycles. The molecule has 0 radical (unpaired) electrons. The van der Waals surface area contributed by atoms with Crippen LogP contribution in [0.25, 0.3) is 22.0 Å². The molecule has 8 heteroatoms. The maximum atomic E-state index is 12.9. The lowest BCUT2D eigenvalue weighted by Crippen LogP contribution is -2.33. The molecule has 1 saturated heterocycles. The fourth-order valence-corrected chi connectivity index (χ4v) is 5.45. The van der Waals surface area contributed by atoms with Gasteiger partial charge in [0.1, 0.15) is 6.10 Å². The highest BCUT2D eigenvalue weighted by Crippen LogP contribution is 2.43. The van der Waals surface area contributed by atoms with Crippen molar-refractivity contribution in [1.82, 2.24) is 10.3 Å². The topological polar surface area (TPSA) is 97.4 Å². The van der Waals surface area contributed by atoms with Crippen LogP contribution in [0.15, 0.2) is 47.5 Å². The van der Waals surface area contributed by atoms with Gasteiger partial charge in [0.25, 0.3) is 10.0 Å². The molecule has 0 saturated carbocycles. The van der Waals surface area contributed by atoms with Crippen LogP contribution in [-0.4, -0.2) is 38.6 Å². The third kappa shape index (κ3) is 3.12. The number of carbonyl (C=O) groups is 1. The van der Waals surface area contributed by atoms with E-state index in [0.717, 1.165) is 36.9 Å². The summed E-state index contributed by atoms with van der Waals surface area (Å²) in [5, 5.41) is 4.12. The molecular weight excluding hydrogens is 402 g/mol. The molecule has 3 aromatic rings. The van der Waals surface area contributed by atoms with Gasteiger partial charge in [-0.1, -0.05) is 6.07 Å². The normalized spacial score (nSPS) is 17.6. The van der Waals surface area contributed by atoms with Crippen molar-refractivity contribution >= 4 is 32.6 Å². The van der Waals surface area contributed by atoms with E-state index in [9.17, 15) is 13.2 Å². The Kier molecular flexibility index (Phi) is 4.48. The van der Waals surface area contributed by atoms with Crippen LogP contribution in [0.4, 0.5) is 5.69 Å². The Labute approximate surface area is 174 Å². The Morgan fingerprint density at radius 3 is 2.73 bits per heavy atom. The van der Waals surface area contributed by atoms with E-state index in [1.807, 2.05) is 25.1 Å². The first-order chi connectivity index (χ1) is 14.4. The summed E-state index contributed by atoms with van der Waals surface area (Å²) in [4.78, 5) is 17.3. The number of nitrogens with one attached hydrogen (secondary N) is 2. The maximum absolute atomic E-state index is 12.9. The third-order valence-corrected chi connectivity index (χ3v) is 7.10. The molecule has 7 nitrogen and oxygen atoms in total. The highest BCUT2D eigenvalue weighted by molar-refractivity contribution is 7.93. The second-order valence-electron chi connectivity index (χ2n) is 7.69. The van der Waals surface area contributed by atoms with Gasteiger partial charge in [0, 0.05) is 22.7 Å². The number of sulfonamides is 1. The van der Waals surface area contributed by atoms with Crippen LogP contribution in [0.3, 0.4) is 0 Å². The molecule has 0 spiro atoms. The fourth-order valence-electron chi connectivity index (χ4n) is 4.16. The van der Waals surface area contributed by atoms with Gasteiger partial charge in [-0.05, 0) is 68.8 Å². The third-order valence-electron chi connectivity index (χ3n) is 5.69. The van der Waals surface area contributed by atoms with Crippen molar-refractivity contribution in [2.24, 2.45) is 0 Å². The predicted molar refractivity (Wildman–Crippen MR) is 114 cm³/mol. The molecule has 1 fully saturated rings. The number of anilines is 1. The standard InChI is InChI=1S/C22H21N3O4S/c1-13-11-18-17-12-14(22(26)29-15-6-9-23-10-7-15)4-5-19(17)30(27,28)25-21(18)20-16(13)3-2-8-24-20/h2-5,8,11-12,15,23,25H,6-7,9-10H2,1H3. The van der Waals surface area contributed by atoms with Gasteiger partial charge in [-0.15, -0.1) is 0 Å². The van der Waals surface area contributed by atoms with Crippen LogP contribution in [-0.2, 0) is 14.8 Å². The first-order valence-corrected chi connectivity index (χ1v) is 11.4. The van der Waals surface area contributed by atoms with Gasteiger partial charge < -0.3 is 10.1 Å². The molecule has 0 amide bonds. The van der Waals surface area contributed by atoms with E-state index in [0.29, 0.717) is 27.9 Å². The number of aryl methyl sites for hydroxylation is 1. The molecular formula is C22H21N3O4S. The van der Waals surface area contributed by atoms with Crippen LogP contribution in [0.5, 0.6) is 0 Å². The summed E-state index contributed by atoms with van der Waals surface area (Å²) in [6, 6.07) is 10.3. The van der Waals surface area contributed by atoms with Crippen molar-refractivity contribution < 1.29 is 17.9 Å². The molecule has 2 aliphatic rings. The largest absolute Gasteiger partial charge is 0.459 e. The zero-order chi connectivity index (χ0) is 20.9. The number of piperidine rings is 1. The maximum Gasteiger partial charge on any atom is 0.338 e. The summed E-state index contributed by atoms with van der Waals surface area (Å²) in [5.41, 5.74) is 3.54. The van der Waals surface area contributed by atoms with Crippen LogP contribution in [0.2, 0.25) is 0 Å². The summed E-state index contributed by atoms with van der Waals surface area (Å²) in [6.07, 6.45) is 3.06. The molecule has 0 aliphatic carbocycles. The van der Waals surface area contributed by atoms with Crippen molar-refractivity contribution in [2.75, 3.05) is 17.8 Å². The number of rotatable bonds is 2. The van der Waals surface area contributed by atoms with Crippen molar-refractivity contribution in [3.63, 3.8) is 0 Å². The molecule has 30 heavy (non-hydrogen) atoms. The van der Waals surface area contributed by atoms with Gasteiger partial charge in [-0.3, -0.25) is 9.71 Å². The highest BCUT2D eigenvalue weighted by Gasteiger charge is 2.31. The van der Waals surface area contributed by atoms with Crippen LogP contribution in [0.1, 0.15) is 28.8 Å². The van der Waals surface area contributed by atoms with Gasteiger partial charge in [0.15, 0.2) is 0 Å². The number of nitrogens with zero attached hydrogens (tertiary/aromatic N) is 1. The summed E-state index contributed by atoms with van der Waals surface area (Å²) in [5.74, 6) is -0.433. The Bertz CT molecular complexity index is 1280. The Hall–Kier alpha value is -2.97. The van der Waals surface area contributed by atoms with Gasteiger partial charge >= 0.3 is 5.97 Å². The number of hydrogen-bond donors (Lipinski definition) is 2. The molecule has 154 valence electrons. The molecule has 1 aromatic heterocycles. The Balaban J connectivity index is 1.63. The molecule has 0 atom stereocenters. The number of ether oxygens (including phenoxy) is 1. The Morgan fingerprint density at radius 2 is 1.93 bits per heavy atom. The number of carbonyl (C=O) groups excluding carboxylic acids is 1. The van der Waals surface area contributed by atoms with Gasteiger partial charge in [-0.25, -0.2) is 13.2 Å². The minimum absolute atomic E-state index is 0.122. The number of aromatic nitrogens is 1. The monoisotopic (exact) mass is 423 g/mol. The first-order valence-electron chi connectivity index (χ1n) is 9.91. The summed E-state index contributed by atoms with van der Waals surface area (Å²) >= 11 is 0. The lowest BCUT2D eigenvalue weighted by molar-refractivity contribution is 0.0229. The van der Waals surface area contributed by atoms with Crippen LogP contribution in [0, 0.1) is 6.92 Å². The highest BCUT2D eigenvalue weighted by atomic mass is 32.2. The number of esters is 1. The fraction of sp³-hybridized carbons (Fsp3) is 0.273. The number of fused-ring (bicyclic) bond motifs is 5. The molecule has 3 heterocycles. The summed E-state index contributed by atoms with van der Waals surface area (Å²) in [7, 11) is -3.78. The van der Waals surface area contributed by atoms with Crippen molar-refractivity contribution in [2.45, 2.75) is 30.8 Å². The molecule has 0 bridgehead atoms. The number of benzene rings is 2. The van der Waals surface area contributed by atoms with Gasteiger partial charge in [0.2, 0.25) is 0 Å². The zero-order valence-electron chi connectivity index (χ0n) is 16.4. The van der Waals surface area contributed by atoms with Crippen molar-refractivity contribution in [1.29, 1.82) is 0 Å². The lowest BCUT2D eigenvalue weighted by atomic mass is 9.96. The molecule has 2 aromatic carbocycles. The van der Waals surface area contributed by atoms with Crippen molar-refractivity contribution in [3.05, 3.63) is 53.7 Å². The first kappa shape index (κ1) is 19.0. The predicted octanol–water partition coefficient (Wildman–Crippen LogP) is 3.23. The molecule has 2 N–H and O–H groups in total. The second kappa shape index (κ2) is 7.07. The van der Waals surface area contributed by atoms with Gasteiger partial charge in [0.05, 0.1) is 21.7 Å². The second-order valence-corrected chi connectivity index (χ2v) is 9.34. The van der Waals surface area contributed by atoms with Crippen LogP contribution < -0.4 is 10.0 Å². The van der Waals surface area contributed by atoms with E-state index in [1.54, 1.807) is 12.3 Å². The molecule has 5 rings (SSSR count). The Morgan fingerprint density at radius 1 is 1.13 bits per heavy atom. The summed E-state index contributed by atoms with van der Waals surface area (Å²) < 4.78 is 34.1. The quantitative estimate of drug-likeness (QED) is 0.614. The smallest absolute Gasteiger partial charge is 0.338 e. The van der Waals surface area contributed by atoms with Crippen molar-refractivity contribution in [3.8, 4) is 11.1 Å². The van der Waals surface area contributed by atoms with E-state index in [2.05, 4.69) is 15.0 Å². The average molecular weight is 423 g/mol. The van der Waals surface area contributed by atoms with E-state index >= 15 is 0 Å². The van der Waals surface area contributed by atoms with E-state index in [1.165, 1.54) is 12.1 Å². The number of hydrogen-bond acceptors (Lipinski definition) is 6. The van der Waals surface area contributed by atoms with Gasteiger partial charge in [-0.2, -0.15) is 0 Å². The zero-order valence-corrected chi connectivity index (χ0v) is 17.3. The van der Waals surface area contributed by atoms with E-state index in [-0.39, 0.29) is 11.0 Å². The number of pyridine rings is 1. The minimum atomic E-state index is -3.78. The van der Waals surface area contributed by atoms with Crippen LogP contribution >= 0.6 is 0 Å².